The SMILES string of the molecule is N[C@@H](Cc1c[nH]c2ccccc12)C(=O)NCc1ccccc1F. The average Bonchev–Trinajstić information content (AvgIpc) is 2.97. The lowest BCUT2D eigenvalue weighted by Gasteiger charge is -2.12. The Morgan fingerprint density at radius 1 is 1.13 bits per heavy atom. The molecule has 1 atom stereocenters. The highest BCUT2D eigenvalue weighted by Crippen LogP contribution is 2.18. The molecule has 0 saturated carbocycles. The molecule has 0 aliphatic heterocycles. The molecule has 3 rings (SSSR count). The standard InChI is InChI=1S/C18H18FN3O/c19-15-7-3-1-5-12(15)10-22-18(23)16(20)9-13-11-21-17-8-4-2-6-14(13)17/h1-8,11,16,21H,9-10,20H2,(H,22,23)/t16-/m0/s1. The minimum Gasteiger partial charge on any atom is -0.361 e. The molecule has 3 aromatic rings. The van der Waals surface area contributed by atoms with Gasteiger partial charge in [-0.2, -0.15) is 0 Å². The third-order valence-electron chi connectivity index (χ3n) is 3.86. The fourth-order valence-electron chi connectivity index (χ4n) is 2.59. The molecule has 4 N–H and O–H groups in total. The molecule has 4 nitrogen and oxygen atoms in total. The average molecular weight is 311 g/mol. The number of para-hydroxylation sites is 1. The molecule has 5 heteroatoms. The summed E-state index contributed by atoms with van der Waals surface area (Å²) in [6.45, 7) is 0.132. The van der Waals surface area contributed by atoms with Crippen molar-refractivity contribution in [2.24, 2.45) is 5.73 Å². The van der Waals surface area contributed by atoms with E-state index in [1.807, 2.05) is 30.5 Å². The molecular weight excluding hydrogens is 293 g/mol. The first kappa shape index (κ1) is 15.2. The van der Waals surface area contributed by atoms with E-state index in [0.717, 1.165) is 16.5 Å². The van der Waals surface area contributed by atoms with Gasteiger partial charge in [-0.1, -0.05) is 36.4 Å². The Balaban J connectivity index is 1.63. The van der Waals surface area contributed by atoms with Crippen LogP contribution >= 0.6 is 0 Å². The van der Waals surface area contributed by atoms with Crippen LogP contribution in [0.25, 0.3) is 10.9 Å². The van der Waals surface area contributed by atoms with Crippen LogP contribution in [-0.2, 0) is 17.8 Å². The summed E-state index contributed by atoms with van der Waals surface area (Å²) in [5.74, 6) is -0.628. The Hall–Kier alpha value is -2.66. The number of nitrogens with two attached hydrogens (primary N) is 1. The van der Waals surface area contributed by atoms with Crippen LogP contribution in [0.2, 0.25) is 0 Å². The molecule has 0 spiro atoms. The van der Waals surface area contributed by atoms with E-state index < -0.39 is 6.04 Å². The molecule has 118 valence electrons. The number of halogens is 1. The second-order valence-corrected chi connectivity index (χ2v) is 5.48. The van der Waals surface area contributed by atoms with Gasteiger partial charge in [0.1, 0.15) is 5.82 Å². The maximum Gasteiger partial charge on any atom is 0.237 e. The summed E-state index contributed by atoms with van der Waals surface area (Å²) < 4.78 is 13.5. The van der Waals surface area contributed by atoms with Crippen molar-refractivity contribution in [3.63, 3.8) is 0 Å². The maximum absolute atomic E-state index is 13.5. The van der Waals surface area contributed by atoms with Crippen LogP contribution in [0.1, 0.15) is 11.1 Å². The first-order valence-electron chi connectivity index (χ1n) is 7.47. The Labute approximate surface area is 133 Å². The number of carbonyl (C=O) groups is 1. The minimum atomic E-state index is -0.680. The smallest absolute Gasteiger partial charge is 0.237 e. The quantitative estimate of drug-likeness (QED) is 0.677. The van der Waals surface area contributed by atoms with Crippen molar-refractivity contribution in [3.8, 4) is 0 Å². The lowest BCUT2D eigenvalue weighted by atomic mass is 10.0. The van der Waals surface area contributed by atoms with Crippen LogP contribution < -0.4 is 11.1 Å². The zero-order chi connectivity index (χ0) is 16.2. The Kier molecular flexibility index (Phi) is 4.39. The van der Waals surface area contributed by atoms with Gasteiger partial charge in [-0.25, -0.2) is 4.39 Å². The molecule has 0 aliphatic carbocycles. The van der Waals surface area contributed by atoms with E-state index >= 15 is 0 Å². The summed E-state index contributed by atoms with van der Waals surface area (Å²) in [5.41, 5.74) is 8.44. The molecule has 0 aliphatic rings. The van der Waals surface area contributed by atoms with Crippen LogP contribution in [0.3, 0.4) is 0 Å². The highest BCUT2D eigenvalue weighted by molar-refractivity contribution is 5.86. The minimum absolute atomic E-state index is 0.132. The topological polar surface area (TPSA) is 70.9 Å². The fraction of sp³-hybridized carbons (Fsp3) is 0.167. The van der Waals surface area contributed by atoms with E-state index in [4.69, 9.17) is 5.73 Å². The number of H-pyrrole nitrogens is 1. The summed E-state index contributed by atoms with van der Waals surface area (Å²) in [6.07, 6.45) is 2.29. The first-order chi connectivity index (χ1) is 11.1. The maximum atomic E-state index is 13.5. The lowest BCUT2D eigenvalue weighted by molar-refractivity contribution is -0.122. The molecule has 0 saturated heterocycles. The van der Waals surface area contributed by atoms with Crippen LogP contribution in [0.4, 0.5) is 4.39 Å². The number of hydrogen-bond donors (Lipinski definition) is 3. The summed E-state index contributed by atoms with van der Waals surface area (Å²) in [4.78, 5) is 15.3. The zero-order valence-corrected chi connectivity index (χ0v) is 12.6. The predicted octanol–water partition coefficient (Wildman–Crippen LogP) is 2.49. The Morgan fingerprint density at radius 2 is 1.87 bits per heavy atom. The third-order valence-corrected chi connectivity index (χ3v) is 3.86. The monoisotopic (exact) mass is 311 g/mol. The molecule has 1 heterocycles. The number of benzene rings is 2. The molecule has 0 fully saturated rings. The van der Waals surface area contributed by atoms with Crippen molar-refractivity contribution < 1.29 is 9.18 Å². The number of carbonyl (C=O) groups excluding carboxylic acids is 1. The molecule has 23 heavy (non-hydrogen) atoms. The van der Waals surface area contributed by atoms with Crippen molar-refractivity contribution in [2.75, 3.05) is 0 Å². The number of hydrogen-bond acceptors (Lipinski definition) is 2. The normalized spacial score (nSPS) is 12.3. The van der Waals surface area contributed by atoms with E-state index in [9.17, 15) is 9.18 Å². The van der Waals surface area contributed by atoms with Crippen molar-refractivity contribution in [1.29, 1.82) is 0 Å². The molecule has 2 aromatic carbocycles. The molecule has 0 bridgehead atoms. The van der Waals surface area contributed by atoms with E-state index in [0.29, 0.717) is 12.0 Å². The van der Waals surface area contributed by atoms with Crippen molar-refractivity contribution in [2.45, 2.75) is 19.0 Å². The number of nitrogens with one attached hydrogen (secondary N) is 2. The van der Waals surface area contributed by atoms with Crippen LogP contribution in [0, 0.1) is 5.82 Å². The molecule has 1 amide bonds. The first-order valence-corrected chi connectivity index (χ1v) is 7.47. The van der Waals surface area contributed by atoms with Gasteiger partial charge in [-0.05, 0) is 24.1 Å². The van der Waals surface area contributed by atoms with E-state index in [1.54, 1.807) is 18.2 Å². The number of aromatic nitrogens is 1. The van der Waals surface area contributed by atoms with E-state index in [1.165, 1.54) is 6.07 Å². The Bertz CT molecular complexity index is 828. The zero-order valence-electron chi connectivity index (χ0n) is 12.6. The summed E-state index contributed by atoms with van der Waals surface area (Å²) in [6, 6.07) is 13.5. The number of rotatable bonds is 5. The molecule has 0 unspecified atom stereocenters. The summed E-state index contributed by atoms with van der Waals surface area (Å²) >= 11 is 0. The second kappa shape index (κ2) is 6.62. The Morgan fingerprint density at radius 3 is 2.70 bits per heavy atom. The largest absolute Gasteiger partial charge is 0.361 e. The molecule has 1 aromatic heterocycles. The molecule has 0 radical (unpaired) electrons. The third kappa shape index (κ3) is 3.40. The van der Waals surface area contributed by atoms with Crippen LogP contribution in [0.5, 0.6) is 0 Å². The van der Waals surface area contributed by atoms with Gasteiger partial charge in [-0.3, -0.25) is 4.79 Å². The second-order valence-electron chi connectivity index (χ2n) is 5.48. The predicted molar refractivity (Wildman–Crippen MR) is 88.2 cm³/mol. The van der Waals surface area contributed by atoms with Gasteiger partial charge < -0.3 is 16.0 Å². The van der Waals surface area contributed by atoms with Gasteiger partial charge in [0, 0.05) is 29.2 Å². The van der Waals surface area contributed by atoms with Crippen molar-refractivity contribution in [1.82, 2.24) is 10.3 Å². The van der Waals surface area contributed by atoms with Gasteiger partial charge >= 0.3 is 0 Å². The number of fused-ring (bicyclic) bond motifs is 1. The number of amides is 1. The van der Waals surface area contributed by atoms with Gasteiger partial charge in [0.25, 0.3) is 0 Å². The highest BCUT2D eigenvalue weighted by atomic mass is 19.1. The number of aromatic amines is 1. The van der Waals surface area contributed by atoms with E-state index in [2.05, 4.69) is 10.3 Å². The fourth-order valence-corrected chi connectivity index (χ4v) is 2.59. The van der Waals surface area contributed by atoms with Gasteiger partial charge in [0.05, 0.1) is 6.04 Å². The van der Waals surface area contributed by atoms with Gasteiger partial charge in [-0.15, -0.1) is 0 Å². The lowest BCUT2D eigenvalue weighted by Crippen LogP contribution is -2.41. The summed E-state index contributed by atoms with van der Waals surface area (Å²) in [5, 5.41) is 3.75. The van der Waals surface area contributed by atoms with Crippen LogP contribution in [0.15, 0.2) is 54.7 Å². The van der Waals surface area contributed by atoms with Crippen LogP contribution in [-0.4, -0.2) is 16.9 Å². The van der Waals surface area contributed by atoms with Gasteiger partial charge in [0.2, 0.25) is 5.91 Å². The van der Waals surface area contributed by atoms with Gasteiger partial charge in [0.15, 0.2) is 0 Å². The van der Waals surface area contributed by atoms with Crippen molar-refractivity contribution in [3.05, 3.63) is 71.7 Å². The van der Waals surface area contributed by atoms with Crippen molar-refractivity contribution >= 4 is 16.8 Å². The van der Waals surface area contributed by atoms with E-state index in [-0.39, 0.29) is 18.3 Å². The highest BCUT2D eigenvalue weighted by Gasteiger charge is 2.16. The summed E-state index contributed by atoms with van der Waals surface area (Å²) in [7, 11) is 0. The molecular formula is C18H18FN3O.